The molecule has 0 aliphatic heterocycles. The van der Waals surface area contributed by atoms with Crippen LogP contribution < -0.4 is 11.2 Å². The van der Waals surface area contributed by atoms with Gasteiger partial charge in [-0.2, -0.15) is 0 Å². The average Bonchev–Trinajstić information content (AvgIpc) is 3.28. The molecule has 1 N–H and O–H groups in total. The normalized spacial score (nSPS) is 11.7. The van der Waals surface area contributed by atoms with Gasteiger partial charge in [0, 0.05) is 13.1 Å². The molecule has 9 heteroatoms. The molecule has 29 heavy (non-hydrogen) atoms. The highest BCUT2D eigenvalue weighted by Crippen LogP contribution is 2.27. The van der Waals surface area contributed by atoms with E-state index in [4.69, 9.17) is 9.40 Å². The molecule has 3 aromatic heterocycles. The van der Waals surface area contributed by atoms with E-state index >= 15 is 0 Å². The molecule has 0 saturated carbocycles. The summed E-state index contributed by atoms with van der Waals surface area (Å²) in [5, 5.41) is 0.554. The monoisotopic (exact) mass is 413 g/mol. The maximum atomic E-state index is 12.6. The summed E-state index contributed by atoms with van der Waals surface area (Å²) in [7, 11) is 0. The number of H-pyrrole nitrogens is 1. The molecule has 0 amide bonds. The minimum atomic E-state index is -0.407. The number of hydrogen-bond acceptors (Lipinski definition) is 6. The van der Waals surface area contributed by atoms with Crippen molar-refractivity contribution in [1.82, 2.24) is 24.1 Å². The van der Waals surface area contributed by atoms with E-state index in [2.05, 4.69) is 16.9 Å². The molecule has 4 rings (SSSR count). The molecule has 0 bridgehead atoms. The largest absolute Gasteiger partial charge is 0.431 e. The number of nitrogens with zero attached hydrogens (tertiary/aromatic N) is 4. The third-order valence-corrected chi connectivity index (χ3v) is 5.57. The molecule has 0 radical (unpaired) electrons. The SMILES string of the molecule is CCCCn1c(=O)[nH]c(=O)c2c1nc(CSc1nc3ccccc3o1)n2CCC. The molecule has 0 aliphatic rings. The summed E-state index contributed by atoms with van der Waals surface area (Å²) in [4.78, 5) is 36.5. The standard InChI is InChI=1S/C20H23N5O3S/c1-3-5-11-25-17-16(18(26)23-19(25)27)24(10-4-2)15(22-17)12-29-20-21-13-8-6-7-9-14(13)28-20/h6-9H,3-5,10-12H2,1-2H3,(H,23,26,27). The first kappa shape index (κ1) is 19.5. The quantitative estimate of drug-likeness (QED) is 0.444. The van der Waals surface area contributed by atoms with E-state index in [1.807, 2.05) is 35.8 Å². The predicted molar refractivity (Wildman–Crippen MR) is 113 cm³/mol. The molecule has 0 unspecified atom stereocenters. The fourth-order valence-electron chi connectivity index (χ4n) is 3.36. The van der Waals surface area contributed by atoms with Gasteiger partial charge in [0.2, 0.25) is 0 Å². The second-order valence-electron chi connectivity index (χ2n) is 6.85. The van der Waals surface area contributed by atoms with Crippen molar-refractivity contribution in [3.63, 3.8) is 0 Å². The summed E-state index contributed by atoms with van der Waals surface area (Å²) < 4.78 is 9.25. The Hall–Kier alpha value is -2.81. The summed E-state index contributed by atoms with van der Waals surface area (Å²) in [5.74, 6) is 1.22. The van der Waals surface area contributed by atoms with Crippen LogP contribution in [0.15, 0.2) is 43.5 Å². The molecule has 4 aromatic rings. The Morgan fingerprint density at radius 3 is 2.66 bits per heavy atom. The Bertz CT molecular complexity index is 1230. The minimum absolute atomic E-state index is 0.392. The van der Waals surface area contributed by atoms with E-state index < -0.39 is 11.2 Å². The highest BCUT2D eigenvalue weighted by atomic mass is 32.2. The van der Waals surface area contributed by atoms with Crippen LogP contribution in [0.3, 0.4) is 0 Å². The van der Waals surface area contributed by atoms with Gasteiger partial charge in [0.05, 0.1) is 5.75 Å². The molecular formula is C20H23N5O3S. The number of nitrogens with one attached hydrogen (secondary N) is 1. The Morgan fingerprint density at radius 2 is 1.90 bits per heavy atom. The first-order valence-electron chi connectivity index (χ1n) is 9.83. The number of oxazole rings is 1. The zero-order valence-corrected chi connectivity index (χ0v) is 17.3. The van der Waals surface area contributed by atoms with Crippen molar-refractivity contribution < 1.29 is 4.42 Å². The summed E-state index contributed by atoms with van der Waals surface area (Å²) >= 11 is 1.43. The van der Waals surface area contributed by atoms with Crippen LogP contribution >= 0.6 is 11.8 Å². The van der Waals surface area contributed by atoms with E-state index in [9.17, 15) is 9.59 Å². The number of rotatable bonds is 8. The van der Waals surface area contributed by atoms with Gasteiger partial charge >= 0.3 is 5.69 Å². The van der Waals surface area contributed by atoms with Crippen molar-refractivity contribution in [3.05, 3.63) is 50.9 Å². The van der Waals surface area contributed by atoms with Crippen LogP contribution in [0.5, 0.6) is 0 Å². The first-order chi connectivity index (χ1) is 14.1. The number of aryl methyl sites for hydroxylation is 2. The smallest absolute Gasteiger partial charge is 0.330 e. The van der Waals surface area contributed by atoms with Crippen LogP contribution in [0.25, 0.3) is 22.3 Å². The molecule has 0 saturated heterocycles. The van der Waals surface area contributed by atoms with E-state index in [1.165, 1.54) is 11.8 Å². The lowest BCUT2D eigenvalue weighted by Gasteiger charge is -2.07. The second kappa shape index (κ2) is 8.28. The Morgan fingerprint density at radius 1 is 1.07 bits per heavy atom. The van der Waals surface area contributed by atoms with Crippen LogP contribution in [-0.2, 0) is 18.8 Å². The van der Waals surface area contributed by atoms with Gasteiger partial charge in [-0.15, -0.1) is 0 Å². The maximum Gasteiger partial charge on any atom is 0.330 e. The van der Waals surface area contributed by atoms with Gasteiger partial charge in [-0.3, -0.25) is 14.3 Å². The number of aromatic nitrogens is 5. The number of hydrogen-bond donors (Lipinski definition) is 1. The van der Waals surface area contributed by atoms with E-state index in [1.54, 1.807) is 4.57 Å². The zero-order chi connectivity index (χ0) is 20.4. The van der Waals surface area contributed by atoms with Crippen LogP contribution in [0.2, 0.25) is 0 Å². The Labute approximate surface area is 171 Å². The summed E-state index contributed by atoms with van der Waals surface area (Å²) in [5.41, 5.74) is 1.65. The van der Waals surface area contributed by atoms with Gasteiger partial charge < -0.3 is 8.98 Å². The van der Waals surface area contributed by atoms with Gasteiger partial charge in [-0.25, -0.2) is 14.8 Å². The topological polar surface area (TPSA) is 98.7 Å². The van der Waals surface area contributed by atoms with Gasteiger partial charge in [0.15, 0.2) is 16.7 Å². The molecular weight excluding hydrogens is 390 g/mol. The van der Waals surface area contributed by atoms with Gasteiger partial charge in [0.25, 0.3) is 10.8 Å². The third-order valence-electron chi connectivity index (χ3n) is 4.75. The lowest BCUT2D eigenvalue weighted by Crippen LogP contribution is -2.31. The summed E-state index contributed by atoms with van der Waals surface area (Å²) in [6.07, 6.45) is 2.64. The Kier molecular flexibility index (Phi) is 5.57. The average molecular weight is 414 g/mol. The molecule has 1 aromatic carbocycles. The van der Waals surface area contributed by atoms with Gasteiger partial charge in [-0.05, 0) is 25.0 Å². The summed E-state index contributed by atoms with van der Waals surface area (Å²) in [6, 6.07) is 7.61. The molecule has 0 aliphatic carbocycles. The fourth-order valence-corrected chi connectivity index (χ4v) is 4.14. The highest BCUT2D eigenvalue weighted by molar-refractivity contribution is 7.98. The number of thioether (sulfide) groups is 1. The van der Waals surface area contributed by atoms with Crippen LogP contribution in [0, 0.1) is 0 Å². The van der Waals surface area contributed by atoms with Crippen LogP contribution in [0.1, 0.15) is 38.9 Å². The third kappa shape index (κ3) is 3.74. The summed E-state index contributed by atoms with van der Waals surface area (Å²) in [6.45, 7) is 5.29. The molecule has 0 fully saturated rings. The fraction of sp³-hybridized carbons (Fsp3) is 0.400. The van der Waals surface area contributed by atoms with E-state index in [-0.39, 0.29) is 0 Å². The van der Waals surface area contributed by atoms with Gasteiger partial charge in [-0.1, -0.05) is 44.2 Å². The van der Waals surface area contributed by atoms with Crippen LogP contribution in [-0.4, -0.2) is 24.1 Å². The number of benzene rings is 1. The first-order valence-corrected chi connectivity index (χ1v) is 10.8. The number of aromatic amines is 1. The van der Waals surface area contributed by atoms with Crippen molar-refractivity contribution in [2.45, 2.75) is 57.2 Å². The van der Waals surface area contributed by atoms with Gasteiger partial charge in [0.1, 0.15) is 11.3 Å². The zero-order valence-electron chi connectivity index (χ0n) is 16.5. The highest BCUT2D eigenvalue weighted by Gasteiger charge is 2.19. The van der Waals surface area contributed by atoms with Crippen molar-refractivity contribution in [2.24, 2.45) is 0 Å². The molecule has 8 nitrogen and oxygen atoms in total. The molecule has 0 atom stereocenters. The number of imidazole rings is 1. The molecule has 0 spiro atoms. The Balaban J connectivity index is 1.74. The number of unbranched alkanes of at least 4 members (excludes halogenated alkanes) is 1. The molecule has 152 valence electrons. The van der Waals surface area contributed by atoms with Crippen LogP contribution in [0.4, 0.5) is 0 Å². The number of fused-ring (bicyclic) bond motifs is 2. The minimum Gasteiger partial charge on any atom is -0.431 e. The van der Waals surface area contributed by atoms with Crippen molar-refractivity contribution in [1.29, 1.82) is 0 Å². The predicted octanol–water partition coefficient (Wildman–Crippen LogP) is 3.53. The van der Waals surface area contributed by atoms with E-state index in [0.29, 0.717) is 35.2 Å². The van der Waals surface area contributed by atoms with Crippen molar-refractivity contribution in [2.75, 3.05) is 0 Å². The lowest BCUT2D eigenvalue weighted by atomic mass is 10.3. The second-order valence-corrected chi connectivity index (χ2v) is 7.78. The maximum absolute atomic E-state index is 12.6. The van der Waals surface area contributed by atoms with Crippen molar-refractivity contribution in [3.8, 4) is 0 Å². The lowest BCUT2D eigenvalue weighted by molar-refractivity contribution is 0.489. The number of para-hydroxylation sites is 2. The molecule has 3 heterocycles. The van der Waals surface area contributed by atoms with E-state index in [0.717, 1.165) is 36.2 Å². The van der Waals surface area contributed by atoms with Crippen molar-refractivity contribution >= 4 is 34.0 Å².